The number of hydrogen-bond acceptors (Lipinski definition) is 4. The molecule has 8 nitrogen and oxygen atoms in total. The number of amides is 3. The molecule has 3 N–H and O–H groups in total. The van der Waals surface area contributed by atoms with Crippen molar-refractivity contribution in [1.29, 1.82) is 0 Å². The molecule has 0 radical (unpaired) electrons. The van der Waals surface area contributed by atoms with E-state index in [-0.39, 0.29) is 17.9 Å². The van der Waals surface area contributed by atoms with E-state index in [1.54, 1.807) is 0 Å². The zero-order chi connectivity index (χ0) is 22.0. The molecule has 1 unspecified atom stereocenters. The number of nitrogens with zero attached hydrogens (tertiary/aromatic N) is 4. The zero-order valence-electron chi connectivity index (χ0n) is 18.4. The molecule has 4 rings (SSSR count). The lowest BCUT2D eigenvalue weighted by Gasteiger charge is -2.31. The van der Waals surface area contributed by atoms with Gasteiger partial charge < -0.3 is 16.0 Å². The van der Waals surface area contributed by atoms with Crippen molar-refractivity contribution < 1.29 is 9.59 Å². The highest BCUT2D eigenvalue weighted by molar-refractivity contribution is 5.87. The topological polar surface area (TPSA) is 106 Å². The molecule has 1 aliphatic carbocycles. The first kappa shape index (κ1) is 21.3. The third-order valence-electron chi connectivity index (χ3n) is 6.77. The van der Waals surface area contributed by atoms with Gasteiger partial charge in [-0.2, -0.15) is 0 Å². The Kier molecular flexibility index (Phi) is 6.25. The van der Waals surface area contributed by atoms with Crippen LogP contribution in [-0.4, -0.2) is 50.5 Å². The Labute approximate surface area is 183 Å². The van der Waals surface area contributed by atoms with E-state index in [2.05, 4.69) is 33.8 Å². The zero-order valence-corrected chi connectivity index (χ0v) is 18.4. The number of carbonyl (C=O) groups is 2. The van der Waals surface area contributed by atoms with Gasteiger partial charge in [0.2, 0.25) is 5.91 Å². The summed E-state index contributed by atoms with van der Waals surface area (Å²) in [6.07, 6.45) is 8.10. The molecular formula is C23H32N6O2. The Morgan fingerprint density at radius 3 is 2.84 bits per heavy atom. The number of nitrogens with two attached hydrogens (primary N) is 1. The molecule has 2 heterocycles. The highest BCUT2D eigenvalue weighted by atomic mass is 16.2. The fraction of sp³-hybridized carbons (Fsp3) is 0.565. The van der Waals surface area contributed by atoms with Crippen LogP contribution in [0.25, 0.3) is 11.3 Å². The number of aryl methyl sites for hydroxylation is 2. The smallest absolute Gasteiger partial charge is 0.312 e. The SMILES string of the molecule is CC[C@H](C)[C@H](NC(N)=O)C(=O)N1CCCC1Cn1cc(-c2ccc3c(c2)CCC3)nn1. The lowest BCUT2D eigenvalue weighted by atomic mass is 9.97. The Balaban J connectivity index is 1.46. The second kappa shape index (κ2) is 9.08. The average Bonchev–Trinajstić information content (AvgIpc) is 3.51. The van der Waals surface area contributed by atoms with Gasteiger partial charge in [0.25, 0.3) is 0 Å². The first-order chi connectivity index (χ1) is 15.0. The van der Waals surface area contributed by atoms with E-state index in [9.17, 15) is 9.59 Å². The maximum Gasteiger partial charge on any atom is 0.312 e. The van der Waals surface area contributed by atoms with Gasteiger partial charge in [-0.1, -0.05) is 37.6 Å². The number of hydrogen-bond donors (Lipinski definition) is 2. The maximum atomic E-state index is 13.2. The predicted octanol–water partition coefficient (Wildman–Crippen LogP) is 2.51. The molecule has 8 heteroatoms. The minimum atomic E-state index is -0.662. The van der Waals surface area contributed by atoms with Crippen LogP contribution in [-0.2, 0) is 24.2 Å². The van der Waals surface area contributed by atoms with E-state index in [0.29, 0.717) is 13.1 Å². The fourth-order valence-electron chi connectivity index (χ4n) is 4.80. The van der Waals surface area contributed by atoms with Gasteiger partial charge >= 0.3 is 6.03 Å². The van der Waals surface area contributed by atoms with E-state index in [1.807, 2.05) is 29.6 Å². The third-order valence-corrected chi connectivity index (χ3v) is 6.77. The maximum absolute atomic E-state index is 13.2. The van der Waals surface area contributed by atoms with Crippen LogP contribution < -0.4 is 11.1 Å². The highest BCUT2D eigenvalue weighted by Crippen LogP contribution is 2.27. The van der Waals surface area contributed by atoms with E-state index < -0.39 is 12.1 Å². The van der Waals surface area contributed by atoms with Crippen molar-refractivity contribution in [1.82, 2.24) is 25.2 Å². The molecule has 2 aliphatic rings. The summed E-state index contributed by atoms with van der Waals surface area (Å²) in [5.41, 5.74) is 10.1. The Hall–Kier alpha value is -2.90. The molecule has 1 fully saturated rings. The molecule has 0 spiro atoms. The normalized spacial score (nSPS) is 19.8. The van der Waals surface area contributed by atoms with Crippen molar-refractivity contribution in [3.8, 4) is 11.3 Å². The molecule has 1 aromatic heterocycles. The van der Waals surface area contributed by atoms with Crippen LogP contribution in [0.2, 0.25) is 0 Å². The Bertz CT molecular complexity index is 955. The number of carbonyl (C=O) groups excluding carboxylic acids is 2. The fourth-order valence-corrected chi connectivity index (χ4v) is 4.80. The van der Waals surface area contributed by atoms with Crippen LogP contribution in [0, 0.1) is 5.92 Å². The molecule has 3 amide bonds. The number of aromatic nitrogens is 3. The number of rotatable bonds is 7. The third kappa shape index (κ3) is 4.57. The summed E-state index contributed by atoms with van der Waals surface area (Å²) in [6, 6.07) is 5.33. The van der Waals surface area contributed by atoms with Crippen molar-refractivity contribution >= 4 is 11.9 Å². The summed E-state index contributed by atoms with van der Waals surface area (Å²) in [5, 5.41) is 11.4. The number of urea groups is 1. The van der Waals surface area contributed by atoms with E-state index in [0.717, 1.165) is 43.4 Å². The van der Waals surface area contributed by atoms with Crippen LogP contribution in [0.3, 0.4) is 0 Å². The van der Waals surface area contributed by atoms with Gasteiger partial charge in [-0.05, 0) is 55.2 Å². The molecule has 31 heavy (non-hydrogen) atoms. The largest absolute Gasteiger partial charge is 0.352 e. The van der Waals surface area contributed by atoms with Crippen LogP contribution >= 0.6 is 0 Å². The van der Waals surface area contributed by atoms with Crippen LogP contribution in [0.4, 0.5) is 4.79 Å². The van der Waals surface area contributed by atoms with Crippen molar-refractivity contribution in [3.63, 3.8) is 0 Å². The first-order valence-corrected chi connectivity index (χ1v) is 11.3. The number of benzene rings is 1. The summed E-state index contributed by atoms with van der Waals surface area (Å²) in [5.74, 6) is -0.0476. The minimum Gasteiger partial charge on any atom is -0.352 e. The second-order valence-electron chi connectivity index (χ2n) is 8.86. The van der Waals surface area contributed by atoms with Gasteiger partial charge in [-0.25, -0.2) is 9.48 Å². The van der Waals surface area contributed by atoms with Gasteiger partial charge in [0.15, 0.2) is 0 Å². The summed E-state index contributed by atoms with van der Waals surface area (Å²) < 4.78 is 1.83. The molecular weight excluding hydrogens is 392 g/mol. The number of fused-ring (bicyclic) bond motifs is 1. The second-order valence-corrected chi connectivity index (χ2v) is 8.86. The average molecular weight is 425 g/mol. The van der Waals surface area contributed by atoms with Crippen LogP contribution in [0.5, 0.6) is 0 Å². The van der Waals surface area contributed by atoms with E-state index in [1.165, 1.54) is 17.5 Å². The van der Waals surface area contributed by atoms with E-state index >= 15 is 0 Å². The van der Waals surface area contributed by atoms with E-state index in [4.69, 9.17) is 5.73 Å². The van der Waals surface area contributed by atoms with Gasteiger partial charge in [0.1, 0.15) is 11.7 Å². The van der Waals surface area contributed by atoms with Gasteiger partial charge in [0, 0.05) is 12.1 Å². The summed E-state index contributed by atoms with van der Waals surface area (Å²) >= 11 is 0. The van der Waals surface area contributed by atoms with Crippen LogP contribution in [0.15, 0.2) is 24.4 Å². The van der Waals surface area contributed by atoms with Crippen molar-refractivity contribution in [2.24, 2.45) is 11.7 Å². The van der Waals surface area contributed by atoms with Crippen molar-refractivity contribution in [2.75, 3.05) is 6.54 Å². The molecule has 2 aromatic rings. The molecule has 0 saturated carbocycles. The molecule has 166 valence electrons. The van der Waals surface area contributed by atoms with Gasteiger partial charge in [0.05, 0.1) is 18.8 Å². The van der Waals surface area contributed by atoms with Gasteiger partial charge in [-0.3, -0.25) is 4.79 Å². The van der Waals surface area contributed by atoms with Crippen molar-refractivity contribution in [3.05, 3.63) is 35.5 Å². The standard InChI is InChI=1S/C23H32N6O2/c1-3-15(2)21(25-23(24)31)22(30)29-11-5-8-19(29)13-28-14-20(26-27-28)18-10-9-16-6-4-7-17(16)12-18/h9-10,12,14-15,19,21H,3-8,11,13H2,1-2H3,(H3,24,25,31)/t15-,19?,21-/m0/s1. The number of primary amides is 1. The lowest BCUT2D eigenvalue weighted by molar-refractivity contribution is -0.135. The first-order valence-electron chi connectivity index (χ1n) is 11.3. The minimum absolute atomic E-state index is 0.0130. The van der Waals surface area contributed by atoms with Gasteiger partial charge in [-0.15, -0.1) is 5.10 Å². The quantitative estimate of drug-likeness (QED) is 0.712. The molecule has 1 aliphatic heterocycles. The summed E-state index contributed by atoms with van der Waals surface area (Å²) in [7, 11) is 0. The molecule has 1 aromatic carbocycles. The molecule has 0 bridgehead atoms. The summed E-state index contributed by atoms with van der Waals surface area (Å²) in [6.45, 7) is 5.24. The number of likely N-dealkylation sites (tertiary alicyclic amines) is 1. The summed E-state index contributed by atoms with van der Waals surface area (Å²) in [4.78, 5) is 26.6. The Morgan fingerprint density at radius 2 is 2.06 bits per heavy atom. The lowest BCUT2D eigenvalue weighted by Crippen LogP contribution is -2.54. The van der Waals surface area contributed by atoms with Crippen molar-refractivity contribution in [2.45, 2.75) is 71.0 Å². The predicted molar refractivity (Wildman–Crippen MR) is 118 cm³/mol. The highest BCUT2D eigenvalue weighted by Gasteiger charge is 2.36. The number of nitrogens with one attached hydrogen (secondary N) is 1. The molecule has 1 saturated heterocycles. The monoisotopic (exact) mass is 424 g/mol. The molecule has 3 atom stereocenters. The van der Waals surface area contributed by atoms with Crippen LogP contribution in [0.1, 0.15) is 50.7 Å². The Morgan fingerprint density at radius 1 is 1.26 bits per heavy atom.